The summed E-state index contributed by atoms with van der Waals surface area (Å²) >= 11 is 0. The predicted molar refractivity (Wildman–Crippen MR) is 83.2 cm³/mol. The largest absolute Gasteiger partial charge is 0.504 e. The summed E-state index contributed by atoms with van der Waals surface area (Å²) in [5.41, 5.74) is 2.74. The zero-order valence-corrected chi connectivity index (χ0v) is 12.7. The Morgan fingerprint density at radius 1 is 1.22 bits per heavy atom. The number of phenols is 2. The first-order chi connectivity index (χ1) is 10.9. The topological polar surface area (TPSA) is 118 Å². The van der Waals surface area contributed by atoms with Crippen molar-refractivity contribution in [3.63, 3.8) is 0 Å². The smallest absolute Gasteiger partial charge is 0.328 e. The molecule has 1 atom stereocenters. The van der Waals surface area contributed by atoms with Gasteiger partial charge in [0.2, 0.25) is 0 Å². The molecule has 0 amide bonds. The third-order valence-corrected chi connectivity index (χ3v) is 3.49. The van der Waals surface area contributed by atoms with Crippen molar-refractivity contribution in [1.29, 1.82) is 0 Å². The molecule has 0 aliphatic rings. The van der Waals surface area contributed by atoms with Crippen LogP contribution in [0.15, 0.2) is 42.7 Å². The molecule has 1 aromatic heterocycles. The van der Waals surface area contributed by atoms with Crippen molar-refractivity contribution < 1.29 is 19.7 Å². The Bertz CT molecular complexity index is 678. The van der Waals surface area contributed by atoms with Crippen molar-refractivity contribution in [3.8, 4) is 11.5 Å². The Morgan fingerprint density at radius 2 is 1.91 bits per heavy atom. The molecule has 1 heterocycles. The van der Waals surface area contributed by atoms with Crippen LogP contribution in [-0.2, 0) is 22.6 Å². The Balaban J connectivity index is 2.06. The van der Waals surface area contributed by atoms with Gasteiger partial charge in [-0.3, -0.25) is 10.8 Å². The minimum Gasteiger partial charge on any atom is -0.504 e. The number of pyridine rings is 1. The van der Waals surface area contributed by atoms with E-state index in [1.165, 1.54) is 12.1 Å². The van der Waals surface area contributed by atoms with Gasteiger partial charge in [0, 0.05) is 18.8 Å². The lowest BCUT2D eigenvalue weighted by Gasteiger charge is -2.26. The van der Waals surface area contributed by atoms with Crippen molar-refractivity contribution in [2.24, 2.45) is 5.84 Å². The highest BCUT2D eigenvalue weighted by Gasteiger charge is 2.34. The van der Waals surface area contributed by atoms with Crippen LogP contribution >= 0.6 is 0 Å². The molecular weight excluding hydrogens is 298 g/mol. The van der Waals surface area contributed by atoms with Gasteiger partial charge in [-0.25, -0.2) is 10.2 Å². The molecule has 0 spiro atoms. The highest BCUT2D eigenvalue weighted by molar-refractivity contribution is 5.80. The number of nitrogens with zero attached hydrogens (tertiary/aromatic N) is 1. The van der Waals surface area contributed by atoms with Crippen LogP contribution in [0.5, 0.6) is 11.5 Å². The second-order valence-corrected chi connectivity index (χ2v) is 5.41. The number of aromatic nitrogens is 1. The lowest BCUT2D eigenvalue weighted by Crippen LogP contribution is -2.55. The summed E-state index contributed by atoms with van der Waals surface area (Å²) in [6, 6.07) is 7.82. The molecular formula is C16H19N3O4. The molecule has 1 unspecified atom stereocenters. The SMILES string of the molecule is CC(Cc1ccc(O)c(O)c1)(NN)C(=O)OCc1ccncc1. The van der Waals surface area contributed by atoms with Crippen molar-refractivity contribution >= 4 is 5.97 Å². The van der Waals surface area contributed by atoms with Crippen molar-refractivity contribution in [1.82, 2.24) is 10.4 Å². The van der Waals surface area contributed by atoms with Crippen molar-refractivity contribution in [2.75, 3.05) is 0 Å². The third-order valence-electron chi connectivity index (χ3n) is 3.49. The zero-order valence-electron chi connectivity index (χ0n) is 12.7. The van der Waals surface area contributed by atoms with Gasteiger partial charge in [-0.1, -0.05) is 6.07 Å². The molecule has 2 aromatic rings. The first-order valence-electron chi connectivity index (χ1n) is 6.99. The Kier molecular flexibility index (Phi) is 5.15. The number of ether oxygens (including phenoxy) is 1. The number of aromatic hydroxyl groups is 2. The average molecular weight is 317 g/mol. The van der Waals surface area contributed by atoms with Crippen LogP contribution in [-0.4, -0.2) is 26.7 Å². The number of esters is 1. The van der Waals surface area contributed by atoms with E-state index in [1.54, 1.807) is 37.5 Å². The molecule has 0 radical (unpaired) electrons. The first-order valence-corrected chi connectivity index (χ1v) is 6.99. The fourth-order valence-corrected chi connectivity index (χ4v) is 2.06. The molecule has 0 aliphatic carbocycles. The number of carbonyl (C=O) groups excluding carboxylic acids is 1. The summed E-state index contributed by atoms with van der Waals surface area (Å²) < 4.78 is 5.29. The maximum Gasteiger partial charge on any atom is 0.328 e. The number of nitrogens with one attached hydrogen (secondary N) is 1. The second kappa shape index (κ2) is 7.08. The minimum atomic E-state index is -1.17. The van der Waals surface area contributed by atoms with E-state index in [-0.39, 0.29) is 24.5 Å². The first kappa shape index (κ1) is 16.7. The molecule has 7 nitrogen and oxygen atoms in total. The molecule has 0 saturated carbocycles. The van der Waals surface area contributed by atoms with Gasteiger partial charge < -0.3 is 14.9 Å². The zero-order chi connectivity index (χ0) is 16.9. The number of benzene rings is 1. The summed E-state index contributed by atoms with van der Waals surface area (Å²) in [6.07, 6.45) is 3.41. The number of carbonyl (C=O) groups is 1. The number of phenolic OH excluding ortho intramolecular Hbond substituents is 2. The number of hydrogen-bond acceptors (Lipinski definition) is 7. The molecule has 23 heavy (non-hydrogen) atoms. The molecule has 5 N–H and O–H groups in total. The highest BCUT2D eigenvalue weighted by atomic mass is 16.5. The fraction of sp³-hybridized carbons (Fsp3) is 0.250. The average Bonchev–Trinajstić information content (AvgIpc) is 2.56. The normalized spacial score (nSPS) is 13.3. The summed E-state index contributed by atoms with van der Waals surface area (Å²) in [6.45, 7) is 1.71. The molecule has 0 aliphatic heterocycles. The van der Waals surface area contributed by atoms with Gasteiger partial charge in [0.25, 0.3) is 0 Å². The molecule has 0 fully saturated rings. The summed E-state index contributed by atoms with van der Waals surface area (Å²) in [5.74, 6) is 4.51. The monoisotopic (exact) mass is 317 g/mol. The van der Waals surface area contributed by atoms with E-state index in [0.717, 1.165) is 5.56 Å². The van der Waals surface area contributed by atoms with Gasteiger partial charge in [-0.05, 0) is 42.3 Å². The van der Waals surface area contributed by atoms with Crippen LogP contribution in [0.4, 0.5) is 0 Å². The standard InChI is InChI=1S/C16H19N3O4/c1-16(19-17,9-12-2-3-13(20)14(21)8-12)15(22)23-10-11-4-6-18-7-5-11/h2-8,19-21H,9-10,17H2,1H3. The Hall–Kier alpha value is -2.64. The van der Waals surface area contributed by atoms with Gasteiger partial charge in [-0.2, -0.15) is 0 Å². The van der Waals surface area contributed by atoms with Crippen LogP contribution in [0.3, 0.4) is 0 Å². The Morgan fingerprint density at radius 3 is 2.52 bits per heavy atom. The van der Waals surface area contributed by atoms with Gasteiger partial charge in [0.1, 0.15) is 12.1 Å². The van der Waals surface area contributed by atoms with Crippen LogP contribution < -0.4 is 11.3 Å². The lowest BCUT2D eigenvalue weighted by molar-refractivity contribution is -0.152. The van der Waals surface area contributed by atoms with Gasteiger partial charge in [0.05, 0.1) is 0 Å². The molecule has 2 rings (SSSR count). The quantitative estimate of drug-likeness (QED) is 0.272. The van der Waals surface area contributed by atoms with Gasteiger partial charge in [-0.15, -0.1) is 0 Å². The number of rotatable bonds is 6. The summed E-state index contributed by atoms with van der Waals surface area (Å²) in [5, 5.41) is 18.9. The Labute approximate surface area is 133 Å². The summed E-state index contributed by atoms with van der Waals surface area (Å²) in [7, 11) is 0. The third kappa shape index (κ3) is 4.18. The van der Waals surface area contributed by atoms with E-state index in [0.29, 0.717) is 5.56 Å². The maximum atomic E-state index is 12.3. The van der Waals surface area contributed by atoms with E-state index in [2.05, 4.69) is 10.4 Å². The van der Waals surface area contributed by atoms with Crippen LogP contribution in [0.1, 0.15) is 18.1 Å². The van der Waals surface area contributed by atoms with Crippen molar-refractivity contribution in [3.05, 3.63) is 53.9 Å². The molecule has 122 valence electrons. The van der Waals surface area contributed by atoms with E-state index in [1.807, 2.05) is 0 Å². The van der Waals surface area contributed by atoms with Crippen LogP contribution in [0.2, 0.25) is 0 Å². The highest BCUT2D eigenvalue weighted by Crippen LogP contribution is 2.27. The number of hydrazine groups is 1. The van der Waals surface area contributed by atoms with Crippen molar-refractivity contribution in [2.45, 2.75) is 25.5 Å². The van der Waals surface area contributed by atoms with Crippen LogP contribution in [0, 0.1) is 0 Å². The molecule has 0 saturated heterocycles. The maximum absolute atomic E-state index is 12.3. The predicted octanol–water partition coefficient (Wildman–Crippen LogP) is 1.00. The van der Waals surface area contributed by atoms with Crippen LogP contribution in [0.25, 0.3) is 0 Å². The fourth-order valence-electron chi connectivity index (χ4n) is 2.06. The van der Waals surface area contributed by atoms with Gasteiger partial charge >= 0.3 is 5.97 Å². The second-order valence-electron chi connectivity index (χ2n) is 5.41. The number of hydrogen-bond donors (Lipinski definition) is 4. The number of nitrogens with two attached hydrogens (primary N) is 1. The van der Waals surface area contributed by atoms with E-state index in [9.17, 15) is 15.0 Å². The molecule has 7 heteroatoms. The van der Waals surface area contributed by atoms with E-state index < -0.39 is 11.5 Å². The van der Waals surface area contributed by atoms with Gasteiger partial charge in [0.15, 0.2) is 11.5 Å². The molecule has 0 bridgehead atoms. The lowest BCUT2D eigenvalue weighted by atomic mass is 9.93. The van der Waals surface area contributed by atoms with E-state index >= 15 is 0 Å². The minimum absolute atomic E-state index is 0.111. The molecule has 1 aromatic carbocycles. The summed E-state index contributed by atoms with van der Waals surface area (Å²) in [4.78, 5) is 16.2. The van der Waals surface area contributed by atoms with E-state index in [4.69, 9.17) is 10.6 Å².